The summed E-state index contributed by atoms with van der Waals surface area (Å²) in [4.78, 5) is 0. The Morgan fingerprint density at radius 3 is 2.58 bits per heavy atom. The number of hydrogen-bond donors (Lipinski definition) is 2. The van der Waals surface area contributed by atoms with Crippen molar-refractivity contribution in [2.45, 2.75) is 25.5 Å². The molecule has 0 bridgehead atoms. The Morgan fingerprint density at radius 2 is 2.17 bits per heavy atom. The normalized spacial score (nSPS) is 33.8. The van der Waals surface area contributed by atoms with Crippen molar-refractivity contribution < 1.29 is 13.5 Å². The van der Waals surface area contributed by atoms with Crippen molar-refractivity contribution >= 4 is 9.84 Å². The highest BCUT2D eigenvalue weighted by atomic mass is 32.2. The van der Waals surface area contributed by atoms with E-state index in [-0.39, 0.29) is 17.5 Å². The lowest BCUT2D eigenvalue weighted by Gasteiger charge is -2.13. The molecule has 5 heteroatoms. The molecular weight excluding hydrogens is 178 g/mol. The van der Waals surface area contributed by atoms with E-state index in [2.05, 4.69) is 5.32 Å². The Kier molecular flexibility index (Phi) is 3.09. The first-order chi connectivity index (χ1) is 5.55. The highest BCUT2D eigenvalue weighted by molar-refractivity contribution is 7.91. The minimum atomic E-state index is -2.99. The van der Waals surface area contributed by atoms with Crippen molar-refractivity contribution in [3.05, 3.63) is 0 Å². The van der Waals surface area contributed by atoms with Crippen molar-refractivity contribution in [3.63, 3.8) is 0 Å². The first-order valence-corrected chi connectivity index (χ1v) is 5.99. The molecule has 0 spiro atoms. The fraction of sp³-hybridized carbons (Fsp3) is 1.00. The van der Waals surface area contributed by atoms with Gasteiger partial charge in [0.15, 0.2) is 9.84 Å². The van der Waals surface area contributed by atoms with Gasteiger partial charge in [0.05, 0.1) is 17.6 Å². The van der Waals surface area contributed by atoms with Crippen molar-refractivity contribution in [1.29, 1.82) is 0 Å². The van der Waals surface area contributed by atoms with Crippen LogP contribution in [0.4, 0.5) is 0 Å². The summed E-state index contributed by atoms with van der Waals surface area (Å²) in [6, 6.07) is -0.255. The van der Waals surface area contributed by atoms with E-state index in [1.54, 1.807) is 0 Å². The maximum absolute atomic E-state index is 11.0. The standard InChI is InChI=1S/C7H15NO3S/c1-2-3-8-6-4-12(10,11)5-7(6)9/h6-9H,2-5H2,1H3/t6-,7+/m1/s1. The van der Waals surface area contributed by atoms with Crippen molar-refractivity contribution in [3.8, 4) is 0 Å². The average molecular weight is 193 g/mol. The molecule has 0 aromatic rings. The molecule has 4 nitrogen and oxygen atoms in total. The Morgan fingerprint density at radius 1 is 1.50 bits per heavy atom. The van der Waals surface area contributed by atoms with Crippen LogP contribution in [0.15, 0.2) is 0 Å². The molecule has 0 amide bonds. The largest absolute Gasteiger partial charge is 0.390 e. The molecule has 0 radical (unpaired) electrons. The monoisotopic (exact) mass is 193 g/mol. The molecule has 1 heterocycles. The summed E-state index contributed by atoms with van der Waals surface area (Å²) in [6.07, 6.45) is 0.227. The Balaban J connectivity index is 2.47. The van der Waals surface area contributed by atoms with E-state index in [9.17, 15) is 13.5 Å². The van der Waals surface area contributed by atoms with Gasteiger partial charge >= 0.3 is 0 Å². The maximum atomic E-state index is 11.0. The number of rotatable bonds is 3. The first kappa shape index (κ1) is 9.95. The van der Waals surface area contributed by atoms with E-state index in [0.717, 1.165) is 13.0 Å². The third kappa shape index (κ3) is 2.43. The summed E-state index contributed by atoms with van der Waals surface area (Å²) >= 11 is 0. The van der Waals surface area contributed by atoms with Crippen LogP contribution in [0.5, 0.6) is 0 Å². The maximum Gasteiger partial charge on any atom is 0.154 e. The second-order valence-electron chi connectivity index (χ2n) is 3.20. The molecule has 2 N–H and O–H groups in total. The molecule has 12 heavy (non-hydrogen) atoms. The Bertz CT molecular complexity index is 237. The molecule has 1 aliphatic rings. The van der Waals surface area contributed by atoms with Gasteiger partial charge in [-0.15, -0.1) is 0 Å². The van der Waals surface area contributed by atoms with E-state index >= 15 is 0 Å². The fourth-order valence-electron chi connectivity index (χ4n) is 1.35. The van der Waals surface area contributed by atoms with E-state index in [4.69, 9.17) is 0 Å². The van der Waals surface area contributed by atoms with Gasteiger partial charge in [0, 0.05) is 6.04 Å². The number of sulfone groups is 1. The molecule has 72 valence electrons. The zero-order valence-corrected chi connectivity index (χ0v) is 7.97. The van der Waals surface area contributed by atoms with Gasteiger partial charge in [0.1, 0.15) is 0 Å². The van der Waals surface area contributed by atoms with Gasteiger partial charge in [-0.2, -0.15) is 0 Å². The summed E-state index contributed by atoms with van der Waals surface area (Å²) in [7, 11) is -2.99. The van der Waals surface area contributed by atoms with E-state index < -0.39 is 15.9 Å². The van der Waals surface area contributed by atoms with Crippen LogP contribution in [0.1, 0.15) is 13.3 Å². The van der Waals surface area contributed by atoms with Gasteiger partial charge in [-0.05, 0) is 13.0 Å². The van der Waals surface area contributed by atoms with Crippen LogP contribution in [0.2, 0.25) is 0 Å². The third-order valence-electron chi connectivity index (χ3n) is 1.98. The predicted octanol–water partition coefficient (Wildman–Crippen LogP) is -0.856. The number of aliphatic hydroxyl groups excluding tert-OH is 1. The van der Waals surface area contributed by atoms with Crippen molar-refractivity contribution in [1.82, 2.24) is 5.32 Å². The van der Waals surface area contributed by atoms with Gasteiger partial charge < -0.3 is 10.4 Å². The Hall–Kier alpha value is -0.130. The molecule has 1 saturated heterocycles. The predicted molar refractivity (Wildman–Crippen MR) is 46.7 cm³/mol. The zero-order chi connectivity index (χ0) is 9.19. The van der Waals surface area contributed by atoms with Gasteiger partial charge in [-0.1, -0.05) is 6.92 Å². The Labute approximate surface area is 72.9 Å². The van der Waals surface area contributed by atoms with Gasteiger partial charge in [-0.25, -0.2) is 8.42 Å². The highest BCUT2D eigenvalue weighted by Gasteiger charge is 2.35. The number of hydrogen-bond acceptors (Lipinski definition) is 4. The van der Waals surface area contributed by atoms with Gasteiger partial charge in [0.2, 0.25) is 0 Å². The van der Waals surface area contributed by atoms with Crippen molar-refractivity contribution in [2.75, 3.05) is 18.1 Å². The molecule has 1 fully saturated rings. The van der Waals surface area contributed by atoms with Gasteiger partial charge in [0.25, 0.3) is 0 Å². The van der Waals surface area contributed by atoms with E-state index in [0.29, 0.717) is 0 Å². The minimum absolute atomic E-state index is 0.0775. The fourth-order valence-corrected chi connectivity index (χ4v) is 3.13. The van der Waals surface area contributed by atoms with Crippen LogP contribution in [0.3, 0.4) is 0 Å². The topological polar surface area (TPSA) is 66.4 Å². The van der Waals surface area contributed by atoms with Crippen LogP contribution < -0.4 is 5.32 Å². The van der Waals surface area contributed by atoms with E-state index in [1.807, 2.05) is 6.92 Å². The highest BCUT2D eigenvalue weighted by Crippen LogP contribution is 2.11. The third-order valence-corrected chi connectivity index (χ3v) is 3.70. The van der Waals surface area contributed by atoms with Crippen LogP contribution in [-0.4, -0.2) is 43.7 Å². The quantitative estimate of drug-likeness (QED) is 0.612. The molecular formula is C7H15NO3S. The minimum Gasteiger partial charge on any atom is -0.390 e. The summed E-state index contributed by atoms with van der Waals surface area (Å²) in [5.41, 5.74) is 0. The lowest BCUT2D eigenvalue weighted by atomic mass is 10.2. The first-order valence-electron chi connectivity index (χ1n) is 4.17. The van der Waals surface area contributed by atoms with Crippen LogP contribution >= 0.6 is 0 Å². The second kappa shape index (κ2) is 3.72. The second-order valence-corrected chi connectivity index (χ2v) is 5.36. The molecule has 0 saturated carbocycles. The number of aliphatic hydroxyl groups is 1. The molecule has 0 aliphatic carbocycles. The molecule has 0 aromatic carbocycles. The van der Waals surface area contributed by atoms with Crippen LogP contribution in [0.25, 0.3) is 0 Å². The average Bonchev–Trinajstić information content (AvgIpc) is 2.20. The lowest BCUT2D eigenvalue weighted by molar-refractivity contribution is 0.166. The van der Waals surface area contributed by atoms with Gasteiger partial charge in [-0.3, -0.25) is 0 Å². The van der Waals surface area contributed by atoms with Crippen LogP contribution in [0, 0.1) is 0 Å². The molecule has 0 aromatic heterocycles. The summed E-state index contributed by atoms with van der Waals surface area (Å²) in [5, 5.41) is 12.3. The molecule has 0 unspecified atom stereocenters. The smallest absolute Gasteiger partial charge is 0.154 e. The molecule has 1 rings (SSSR count). The summed E-state index contributed by atoms with van der Waals surface area (Å²) in [5.74, 6) is -0.0114. The van der Waals surface area contributed by atoms with Crippen LogP contribution in [-0.2, 0) is 9.84 Å². The summed E-state index contributed by atoms with van der Waals surface area (Å²) < 4.78 is 22.0. The van der Waals surface area contributed by atoms with E-state index in [1.165, 1.54) is 0 Å². The summed E-state index contributed by atoms with van der Waals surface area (Å²) in [6.45, 7) is 2.76. The number of nitrogens with one attached hydrogen (secondary N) is 1. The molecule has 1 aliphatic heterocycles. The zero-order valence-electron chi connectivity index (χ0n) is 7.16. The lowest BCUT2D eigenvalue weighted by Crippen LogP contribution is -2.39. The molecule has 2 atom stereocenters. The van der Waals surface area contributed by atoms with Crippen molar-refractivity contribution in [2.24, 2.45) is 0 Å². The SMILES string of the molecule is CCCN[C@@H]1CS(=O)(=O)C[C@@H]1O.